The molecule has 1 fully saturated rings. The first-order valence-corrected chi connectivity index (χ1v) is 12.7. The van der Waals surface area contributed by atoms with E-state index < -0.39 is 10.0 Å². The molecule has 10 heteroatoms. The largest absolute Gasteiger partial charge is 0.457 e. The molecule has 1 N–H and O–H groups in total. The van der Waals surface area contributed by atoms with E-state index >= 15 is 0 Å². The second-order valence-electron chi connectivity index (χ2n) is 8.14. The van der Waals surface area contributed by atoms with Crippen molar-refractivity contribution in [2.45, 2.75) is 31.4 Å². The summed E-state index contributed by atoms with van der Waals surface area (Å²) >= 11 is 0. The fourth-order valence-corrected chi connectivity index (χ4v) is 5.78. The van der Waals surface area contributed by atoms with Crippen molar-refractivity contribution >= 4 is 37.9 Å². The average molecular weight is 483 g/mol. The second-order valence-corrected chi connectivity index (χ2v) is 10.1. The summed E-state index contributed by atoms with van der Waals surface area (Å²) in [4.78, 5) is 20.5. The van der Waals surface area contributed by atoms with E-state index in [4.69, 9.17) is 9.47 Å². The number of H-pyrrole nitrogens is 1. The Labute approximate surface area is 197 Å². The van der Waals surface area contributed by atoms with Crippen LogP contribution in [0.4, 0.5) is 0 Å². The molecule has 0 spiro atoms. The number of fused-ring (bicyclic) bond motifs is 2. The third kappa shape index (κ3) is 4.20. The number of sulfonamides is 1. The Bertz CT molecular complexity index is 1450. The molecule has 4 aromatic rings. The van der Waals surface area contributed by atoms with E-state index in [2.05, 4.69) is 9.97 Å². The standard InChI is InChI=1S/C24H26N4O5S/c1-2-28-22-8-7-18(34(30,31)27-9-11-32-12-10-27)14-21(22)26-23(28)16-33-24(29)13-17-15-25-20-6-4-3-5-19(17)20/h3-8,14-15,25H,2,9-13,16H2,1H3. The number of morpholine rings is 1. The lowest BCUT2D eigenvalue weighted by atomic mass is 10.1. The van der Waals surface area contributed by atoms with Gasteiger partial charge in [0.15, 0.2) is 0 Å². The Morgan fingerprint density at radius 3 is 2.76 bits per heavy atom. The summed E-state index contributed by atoms with van der Waals surface area (Å²) in [6, 6.07) is 12.7. The maximum atomic E-state index is 13.0. The molecule has 1 aliphatic heterocycles. The van der Waals surface area contributed by atoms with Gasteiger partial charge in [0.25, 0.3) is 0 Å². The number of carbonyl (C=O) groups is 1. The molecule has 5 rings (SSSR count). The molecule has 0 atom stereocenters. The highest BCUT2D eigenvalue weighted by atomic mass is 32.2. The number of ether oxygens (including phenoxy) is 2. The predicted octanol–water partition coefficient (Wildman–Crippen LogP) is 2.84. The van der Waals surface area contributed by atoms with E-state index in [1.165, 1.54) is 4.31 Å². The Morgan fingerprint density at radius 1 is 1.18 bits per heavy atom. The van der Waals surface area contributed by atoms with Gasteiger partial charge in [-0.1, -0.05) is 18.2 Å². The highest BCUT2D eigenvalue weighted by Crippen LogP contribution is 2.24. The zero-order valence-electron chi connectivity index (χ0n) is 18.9. The molecule has 0 unspecified atom stereocenters. The number of carbonyl (C=O) groups excluding carboxylic acids is 1. The van der Waals surface area contributed by atoms with Gasteiger partial charge in [-0.05, 0) is 36.8 Å². The van der Waals surface area contributed by atoms with Gasteiger partial charge in [0, 0.05) is 36.7 Å². The molecule has 0 radical (unpaired) electrons. The second kappa shape index (κ2) is 9.21. The number of esters is 1. The monoisotopic (exact) mass is 482 g/mol. The topological polar surface area (TPSA) is 107 Å². The number of benzene rings is 2. The Balaban J connectivity index is 1.34. The number of hydrogen-bond donors (Lipinski definition) is 1. The summed E-state index contributed by atoms with van der Waals surface area (Å²) in [5, 5.41) is 0.995. The van der Waals surface area contributed by atoms with E-state index in [1.54, 1.807) is 18.2 Å². The summed E-state index contributed by atoms with van der Waals surface area (Å²) in [6.45, 7) is 4.04. The maximum Gasteiger partial charge on any atom is 0.310 e. The van der Waals surface area contributed by atoms with Crippen molar-refractivity contribution in [3.63, 3.8) is 0 Å². The van der Waals surface area contributed by atoms with Crippen LogP contribution in [-0.4, -0.2) is 59.5 Å². The van der Waals surface area contributed by atoms with E-state index in [9.17, 15) is 13.2 Å². The first kappa shape index (κ1) is 22.6. The molecule has 2 aromatic carbocycles. The van der Waals surface area contributed by atoms with Gasteiger partial charge in [-0.2, -0.15) is 4.31 Å². The molecule has 2 aromatic heterocycles. The molecule has 0 amide bonds. The minimum atomic E-state index is -3.62. The van der Waals surface area contributed by atoms with Gasteiger partial charge < -0.3 is 19.0 Å². The average Bonchev–Trinajstić information content (AvgIpc) is 3.43. The van der Waals surface area contributed by atoms with Crippen LogP contribution in [0.3, 0.4) is 0 Å². The van der Waals surface area contributed by atoms with Crippen LogP contribution in [0.5, 0.6) is 0 Å². The summed E-state index contributed by atoms with van der Waals surface area (Å²) in [5.74, 6) is 0.223. The molecular formula is C24H26N4O5S. The van der Waals surface area contributed by atoms with E-state index in [0.717, 1.165) is 22.0 Å². The van der Waals surface area contributed by atoms with Crippen LogP contribution >= 0.6 is 0 Å². The van der Waals surface area contributed by atoms with Crippen molar-refractivity contribution in [1.82, 2.24) is 18.8 Å². The van der Waals surface area contributed by atoms with Crippen molar-refractivity contribution in [3.05, 3.63) is 60.0 Å². The van der Waals surface area contributed by atoms with Gasteiger partial charge in [0.05, 0.1) is 35.6 Å². The van der Waals surface area contributed by atoms with Crippen LogP contribution in [0.1, 0.15) is 18.3 Å². The lowest BCUT2D eigenvalue weighted by Gasteiger charge is -2.26. The minimum absolute atomic E-state index is 0.00918. The number of aryl methyl sites for hydroxylation is 1. The van der Waals surface area contributed by atoms with Gasteiger partial charge >= 0.3 is 5.97 Å². The first-order chi connectivity index (χ1) is 16.5. The van der Waals surface area contributed by atoms with Crippen molar-refractivity contribution in [2.24, 2.45) is 0 Å². The lowest BCUT2D eigenvalue weighted by molar-refractivity contribution is -0.144. The molecular weight excluding hydrogens is 456 g/mol. The van der Waals surface area contributed by atoms with Crippen LogP contribution < -0.4 is 0 Å². The highest BCUT2D eigenvalue weighted by molar-refractivity contribution is 7.89. The number of nitrogens with one attached hydrogen (secondary N) is 1. The van der Waals surface area contributed by atoms with Gasteiger partial charge in [-0.25, -0.2) is 13.4 Å². The van der Waals surface area contributed by atoms with Crippen LogP contribution in [0.2, 0.25) is 0 Å². The molecule has 3 heterocycles. The van der Waals surface area contributed by atoms with Gasteiger partial charge in [-0.3, -0.25) is 4.79 Å². The highest BCUT2D eigenvalue weighted by Gasteiger charge is 2.27. The van der Waals surface area contributed by atoms with E-state index in [-0.39, 0.29) is 23.9 Å². The SMILES string of the molecule is CCn1c(COC(=O)Cc2c[nH]c3ccccc23)nc2cc(S(=O)(=O)N3CCOCC3)ccc21. The number of aromatic amines is 1. The van der Waals surface area contributed by atoms with Gasteiger partial charge in [0.1, 0.15) is 12.4 Å². The van der Waals surface area contributed by atoms with Crippen molar-refractivity contribution in [3.8, 4) is 0 Å². The summed E-state index contributed by atoms with van der Waals surface area (Å²) in [6.07, 6.45) is 1.97. The summed E-state index contributed by atoms with van der Waals surface area (Å²) in [7, 11) is -3.62. The molecule has 9 nitrogen and oxygen atoms in total. The Kier molecular flexibility index (Phi) is 6.11. The maximum absolute atomic E-state index is 13.0. The first-order valence-electron chi connectivity index (χ1n) is 11.2. The third-order valence-electron chi connectivity index (χ3n) is 6.09. The van der Waals surface area contributed by atoms with Gasteiger partial charge in [0.2, 0.25) is 10.0 Å². The molecule has 1 saturated heterocycles. The molecule has 0 aliphatic carbocycles. The fourth-order valence-electron chi connectivity index (χ4n) is 4.35. The van der Waals surface area contributed by atoms with Crippen molar-refractivity contribution in [1.29, 1.82) is 0 Å². The number of rotatable bonds is 7. The zero-order valence-corrected chi connectivity index (χ0v) is 19.7. The smallest absolute Gasteiger partial charge is 0.310 e. The quantitative estimate of drug-likeness (QED) is 0.406. The molecule has 1 aliphatic rings. The van der Waals surface area contributed by atoms with Crippen LogP contribution in [-0.2, 0) is 43.9 Å². The molecule has 0 saturated carbocycles. The summed E-state index contributed by atoms with van der Waals surface area (Å²) in [5.41, 5.74) is 3.20. The number of imidazole rings is 1. The number of aromatic nitrogens is 3. The zero-order chi connectivity index (χ0) is 23.7. The Hall–Kier alpha value is -3.21. The number of nitrogens with zero attached hydrogens (tertiary/aromatic N) is 3. The van der Waals surface area contributed by atoms with Crippen LogP contribution in [0.15, 0.2) is 53.6 Å². The van der Waals surface area contributed by atoms with E-state index in [0.29, 0.717) is 44.2 Å². The Morgan fingerprint density at radius 2 is 1.97 bits per heavy atom. The lowest BCUT2D eigenvalue weighted by Crippen LogP contribution is -2.40. The predicted molar refractivity (Wildman–Crippen MR) is 127 cm³/mol. The number of para-hydroxylation sites is 1. The fraction of sp³-hybridized carbons (Fsp3) is 0.333. The molecule has 178 valence electrons. The summed E-state index contributed by atoms with van der Waals surface area (Å²) < 4.78 is 40.2. The van der Waals surface area contributed by atoms with Crippen LogP contribution in [0.25, 0.3) is 21.9 Å². The number of hydrogen-bond acceptors (Lipinski definition) is 6. The van der Waals surface area contributed by atoms with Crippen LogP contribution in [0, 0.1) is 0 Å². The van der Waals surface area contributed by atoms with E-state index in [1.807, 2.05) is 42.0 Å². The third-order valence-corrected chi connectivity index (χ3v) is 7.99. The molecule has 34 heavy (non-hydrogen) atoms. The van der Waals surface area contributed by atoms with Crippen molar-refractivity contribution < 1.29 is 22.7 Å². The minimum Gasteiger partial charge on any atom is -0.457 e. The molecule has 0 bridgehead atoms. The normalized spacial score (nSPS) is 15.2. The van der Waals surface area contributed by atoms with Gasteiger partial charge in [-0.15, -0.1) is 0 Å². The van der Waals surface area contributed by atoms with Crippen molar-refractivity contribution in [2.75, 3.05) is 26.3 Å².